The van der Waals surface area contributed by atoms with E-state index in [0.717, 1.165) is 6.42 Å². The highest BCUT2D eigenvalue weighted by Crippen LogP contribution is 2.19. The lowest BCUT2D eigenvalue weighted by Crippen LogP contribution is -2.42. The third-order valence-corrected chi connectivity index (χ3v) is 4.15. The van der Waals surface area contributed by atoms with Gasteiger partial charge in [0.05, 0.1) is 0 Å². The molecule has 1 aliphatic rings. The summed E-state index contributed by atoms with van der Waals surface area (Å²) in [5.74, 6) is -1.62. The number of hydrogen-bond acceptors (Lipinski definition) is 4. The standard InChI is InChI=1S/C19H23N3O3/c1-13(2)9-17(19(24)25)21-18(23)16(10-20)12-22-8-7-14-5-3-4-6-15(14)11-22/h3-6,12-13,17H,7-9,11H2,1-2H3,(H,21,23)(H,24,25)/b16-12-. The molecule has 2 N–H and O–H groups in total. The first-order valence-electron chi connectivity index (χ1n) is 8.37. The van der Waals surface area contributed by atoms with E-state index in [0.29, 0.717) is 19.5 Å². The molecule has 1 amide bonds. The van der Waals surface area contributed by atoms with E-state index in [1.807, 2.05) is 43.0 Å². The minimum Gasteiger partial charge on any atom is -0.480 e. The van der Waals surface area contributed by atoms with Crippen LogP contribution in [-0.2, 0) is 22.6 Å². The van der Waals surface area contributed by atoms with E-state index in [4.69, 9.17) is 0 Å². The van der Waals surface area contributed by atoms with Gasteiger partial charge in [-0.1, -0.05) is 38.1 Å². The number of fused-ring (bicyclic) bond motifs is 1. The number of aliphatic carboxylic acids is 1. The van der Waals surface area contributed by atoms with Crippen molar-refractivity contribution in [1.29, 1.82) is 5.26 Å². The molecule has 1 aromatic carbocycles. The van der Waals surface area contributed by atoms with Gasteiger partial charge in [-0.3, -0.25) is 4.79 Å². The summed E-state index contributed by atoms with van der Waals surface area (Å²) in [5.41, 5.74) is 2.37. The molecule has 2 rings (SSSR count). The lowest BCUT2D eigenvalue weighted by molar-refractivity contribution is -0.141. The molecule has 1 unspecified atom stereocenters. The number of amides is 1. The van der Waals surface area contributed by atoms with E-state index in [1.165, 1.54) is 17.3 Å². The molecule has 6 heteroatoms. The van der Waals surface area contributed by atoms with Gasteiger partial charge in [-0.05, 0) is 29.9 Å². The zero-order valence-electron chi connectivity index (χ0n) is 14.5. The van der Waals surface area contributed by atoms with Crippen LogP contribution in [-0.4, -0.2) is 34.5 Å². The summed E-state index contributed by atoms with van der Waals surface area (Å²) in [6.07, 6.45) is 2.69. The zero-order chi connectivity index (χ0) is 18.4. The van der Waals surface area contributed by atoms with Crippen molar-refractivity contribution in [2.24, 2.45) is 5.92 Å². The number of hydrogen-bond donors (Lipinski definition) is 2. The Morgan fingerprint density at radius 1 is 1.36 bits per heavy atom. The van der Waals surface area contributed by atoms with Crippen LogP contribution in [0.25, 0.3) is 0 Å². The van der Waals surface area contributed by atoms with Crippen molar-refractivity contribution in [3.8, 4) is 6.07 Å². The van der Waals surface area contributed by atoms with Crippen molar-refractivity contribution in [1.82, 2.24) is 10.2 Å². The average molecular weight is 341 g/mol. The van der Waals surface area contributed by atoms with Crippen LogP contribution in [0.15, 0.2) is 36.0 Å². The molecule has 132 valence electrons. The Morgan fingerprint density at radius 2 is 2.04 bits per heavy atom. The Balaban J connectivity index is 2.08. The van der Waals surface area contributed by atoms with Gasteiger partial charge < -0.3 is 15.3 Å². The number of nitrogens with zero attached hydrogens (tertiary/aromatic N) is 2. The van der Waals surface area contributed by atoms with Gasteiger partial charge in [0.2, 0.25) is 0 Å². The molecule has 1 aliphatic heterocycles. The summed E-state index contributed by atoms with van der Waals surface area (Å²) in [4.78, 5) is 25.5. The first kappa shape index (κ1) is 18.5. The van der Waals surface area contributed by atoms with E-state index >= 15 is 0 Å². The maximum absolute atomic E-state index is 12.3. The zero-order valence-corrected chi connectivity index (χ0v) is 14.5. The number of carboxylic acid groups (broad SMARTS) is 1. The van der Waals surface area contributed by atoms with Crippen molar-refractivity contribution >= 4 is 11.9 Å². The number of rotatable bonds is 6. The Bertz CT molecular complexity index is 719. The van der Waals surface area contributed by atoms with Gasteiger partial charge in [-0.2, -0.15) is 5.26 Å². The smallest absolute Gasteiger partial charge is 0.326 e. The second kappa shape index (κ2) is 8.34. The second-order valence-electron chi connectivity index (χ2n) is 6.64. The van der Waals surface area contributed by atoms with Crippen LogP contribution in [0.3, 0.4) is 0 Å². The molecule has 25 heavy (non-hydrogen) atoms. The maximum Gasteiger partial charge on any atom is 0.326 e. The molecule has 0 aliphatic carbocycles. The normalized spacial score (nSPS) is 15.3. The third kappa shape index (κ3) is 5.08. The predicted octanol–water partition coefficient (Wildman–Crippen LogP) is 2.07. The molecule has 0 saturated carbocycles. The van der Waals surface area contributed by atoms with Crippen molar-refractivity contribution in [2.45, 2.75) is 39.3 Å². The molecule has 0 aromatic heterocycles. The van der Waals surface area contributed by atoms with Gasteiger partial charge in [0, 0.05) is 19.3 Å². The van der Waals surface area contributed by atoms with Crippen LogP contribution in [0.2, 0.25) is 0 Å². The van der Waals surface area contributed by atoms with Gasteiger partial charge in [0.1, 0.15) is 17.7 Å². The van der Waals surface area contributed by atoms with Crippen LogP contribution in [0, 0.1) is 17.2 Å². The summed E-state index contributed by atoms with van der Waals surface area (Å²) in [7, 11) is 0. The van der Waals surface area contributed by atoms with Crippen molar-refractivity contribution in [3.05, 3.63) is 47.2 Å². The third-order valence-electron chi connectivity index (χ3n) is 4.15. The molecular weight excluding hydrogens is 318 g/mol. The summed E-state index contributed by atoms with van der Waals surface area (Å²) in [6.45, 7) is 5.11. The molecule has 6 nitrogen and oxygen atoms in total. The van der Waals surface area contributed by atoms with Gasteiger partial charge in [0.25, 0.3) is 5.91 Å². The lowest BCUT2D eigenvalue weighted by Gasteiger charge is -2.27. The van der Waals surface area contributed by atoms with Gasteiger partial charge in [-0.15, -0.1) is 0 Å². The molecule has 0 saturated heterocycles. The molecule has 1 aromatic rings. The molecule has 0 spiro atoms. The van der Waals surface area contributed by atoms with Crippen LogP contribution < -0.4 is 5.32 Å². The molecular formula is C19H23N3O3. The highest BCUT2D eigenvalue weighted by molar-refractivity contribution is 5.99. The molecule has 0 bridgehead atoms. The van der Waals surface area contributed by atoms with Crippen LogP contribution in [0.1, 0.15) is 31.4 Å². The first-order valence-corrected chi connectivity index (χ1v) is 8.37. The number of nitriles is 1. The lowest BCUT2D eigenvalue weighted by atomic mass is 10.00. The average Bonchev–Trinajstić information content (AvgIpc) is 2.58. The molecule has 0 radical (unpaired) electrons. The van der Waals surface area contributed by atoms with Gasteiger partial charge in [-0.25, -0.2) is 4.79 Å². The summed E-state index contributed by atoms with van der Waals surface area (Å²) in [6, 6.07) is 8.97. The highest BCUT2D eigenvalue weighted by atomic mass is 16.4. The Hall–Kier alpha value is -2.81. The largest absolute Gasteiger partial charge is 0.480 e. The number of benzene rings is 1. The molecule has 0 fully saturated rings. The topological polar surface area (TPSA) is 93.4 Å². The van der Waals surface area contributed by atoms with E-state index in [2.05, 4.69) is 11.4 Å². The molecule has 1 atom stereocenters. The first-order chi connectivity index (χ1) is 11.9. The van der Waals surface area contributed by atoms with Crippen molar-refractivity contribution in [3.63, 3.8) is 0 Å². The SMILES string of the molecule is CC(C)CC(NC(=O)/C(C#N)=C\N1CCc2ccccc2C1)C(=O)O. The number of carbonyl (C=O) groups is 2. The Morgan fingerprint density at radius 3 is 2.64 bits per heavy atom. The predicted molar refractivity (Wildman–Crippen MR) is 93.3 cm³/mol. The van der Waals surface area contributed by atoms with Gasteiger partial charge in [0.15, 0.2) is 0 Å². The van der Waals surface area contributed by atoms with E-state index < -0.39 is 17.9 Å². The summed E-state index contributed by atoms with van der Waals surface area (Å²) >= 11 is 0. The second-order valence-corrected chi connectivity index (χ2v) is 6.64. The number of carboxylic acids is 1. The maximum atomic E-state index is 12.3. The molecule has 1 heterocycles. The fourth-order valence-electron chi connectivity index (χ4n) is 2.88. The van der Waals surface area contributed by atoms with E-state index in [1.54, 1.807) is 0 Å². The van der Waals surface area contributed by atoms with Crippen LogP contribution in [0.4, 0.5) is 0 Å². The minimum absolute atomic E-state index is 0.0746. The summed E-state index contributed by atoms with van der Waals surface area (Å²) in [5, 5.41) is 21.0. The quantitative estimate of drug-likeness (QED) is 0.610. The monoisotopic (exact) mass is 341 g/mol. The highest BCUT2D eigenvalue weighted by Gasteiger charge is 2.23. The van der Waals surface area contributed by atoms with Crippen molar-refractivity contribution < 1.29 is 14.7 Å². The fraction of sp³-hybridized carbons (Fsp3) is 0.421. The van der Waals surface area contributed by atoms with E-state index in [9.17, 15) is 20.0 Å². The van der Waals surface area contributed by atoms with Crippen LogP contribution >= 0.6 is 0 Å². The Kier molecular flexibility index (Phi) is 6.18. The Labute approximate surface area is 147 Å². The van der Waals surface area contributed by atoms with Crippen molar-refractivity contribution in [2.75, 3.05) is 6.54 Å². The minimum atomic E-state index is -1.09. The van der Waals surface area contributed by atoms with Gasteiger partial charge >= 0.3 is 5.97 Å². The van der Waals surface area contributed by atoms with E-state index in [-0.39, 0.29) is 11.5 Å². The number of nitrogens with one attached hydrogen (secondary N) is 1. The van der Waals surface area contributed by atoms with Crippen LogP contribution in [0.5, 0.6) is 0 Å². The number of carbonyl (C=O) groups excluding carboxylic acids is 1. The summed E-state index contributed by atoms with van der Waals surface area (Å²) < 4.78 is 0. The fourth-order valence-corrected chi connectivity index (χ4v) is 2.88.